The molecule has 18 heavy (non-hydrogen) atoms. The van der Waals surface area contributed by atoms with Crippen molar-refractivity contribution in [2.45, 2.75) is 70.9 Å². The standard InChI is InChI=1S/C15H27N3/c1-4-6-8-12(5-2)17-14-9-7-10-15-13(14)11-16-18(15)3/h11-12,14,17H,4-10H2,1-3H3. The Morgan fingerprint density at radius 2 is 2.33 bits per heavy atom. The summed E-state index contributed by atoms with van der Waals surface area (Å²) < 4.78 is 2.05. The van der Waals surface area contributed by atoms with E-state index in [-0.39, 0.29) is 0 Å². The van der Waals surface area contributed by atoms with Gasteiger partial charge in [-0.05, 0) is 32.1 Å². The molecule has 0 aliphatic heterocycles. The van der Waals surface area contributed by atoms with Crippen molar-refractivity contribution < 1.29 is 0 Å². The molecule has 0 fully saturated rings. The zero-order chi connectivity index (χ0) is 13.0. The first-order valence-corrected chi connectivity index (χ1v) is 7.53. The molecule has 1 N–H and O–H groups in total. The van der Waals surface area contributed by atoms with Crippen molar-refractivity contribution in [1.82, 2.24) is 15.1 Å². The number of hydrogen-bond donors (Lipinski definition) is 1. The average Bonchev–Trinajstić information content (AvgIpc) is 2.77. The van der Waals surface area contributed by atoms with Gasteiger partial charge in [-0.25, -0.2) is 0 Å². The maximum Gasteiger partial charge on any atom is 0.0540 e. The lowest BCUT2D eigenvalue weighted by Gasteiger charge is -2.28. The molecule has 0 spiro atoms. The van der Waals surface area contributed by atoms with Gasteiger partial charge in [0.15, 0.2) is 0 Å². The maximum absolute atomic E-state index is 4.42. The van der Waals surface area contributed by atoms with Gasteiger partial charge in [-0.15, -0.1) is 0 Å². The smallest absolute Gasteiger partial charge is 0.0540 e. The highest BCUT2D eigenvalue weighted by Crippen LogP contribution is 2.30. The predicted octanol–water partition coefficient (Wildman–Crippen LogP) is 3.36. The number of aryl methyl sites for hydroxylation is 1. The van der Waals surface area contributed by atoms with Gasteiger partial charge in [0.25, 0.3) is 0 Å². The van der Waals surface area contributed by atoms with Gasteiger partial charge >= 0.3 is 0 Å². The fraction of sp³-hybridized carbons (Fsp3) is 0.800. The number of rotatable bonds is 6. The lowest BCUT2D eigenvalue weighted by Crippen LogP contribution is -2.34. The van der Waals surface area contributed by atoms with Crippen LogP contribution in [0.15, 0.2) is 6.20 Å². The van der Waals surface area contributed by atoms with E-state index in [2.05, 4.69) is 42.2 Å². The lowest BCUT2D eigenvalue weighted by atomic mass is 9.91. The fourth-order valence-corrected chi connectivity index (χ4v) is 3.02. The van der Waals surface area contributed by atoms with Crippen LogP contribution in [0.2, 0.25) is 0 Å². The Bertz CT molecular complexity index is 370. The summed E-state index contributed by atoms with van der Waals surface area (Å²) in [5.74, 6) is 0. The highest BCUT2D eigenvalue weighted by Gasteiger charge is 2.24. The van der Waals surface area contributed by atoms with Crippen LogP contribution in [0.5, 0.6) is 0 Å². The van der Waals surface area contributed by atoms with Crippen molar-refractivity contribution in [3.8, 4) is 0 Å². The minimum absolute atomic E-state index is 0.532. The number of aromatic nitrogens is 2. The molecule has 0 aromatic carbocycles. The summed E-state index contributed by atoms with van der Waals surface area (Å²) in [4.78, 5) is 0. The molecule has 1 aliphatic rings. The molecule has 2 unspecified atom stereocenters. The molecule has 0 saturated heterocycles. The Morgan fingerprint density at radius 3 is 3.06 bits per heavy atom. The zero-order valence-corrected chi connectivity index (χ0v) is 12.1. The normalized spacial score (nSPS) is 20.7. The summed E-state index contributed by atoms with van der Waals surface area (Å²) in [6.07, 6.45) is 11.0. The van der Waals surface area contributed by atoms with Crippen LogP contribution in [0.3, 0.4) is 0 Å². The minimum Gasteiger partial charge on any atom is -0.307 e. The quantitative estimate of drug-likeness (QED) is 0.838. The van der Waals surface area contributed by atoms with E-state index in [1.54, 1.807) is 0 Å². The van der Waals surface area contributed by atoms with Crippen molar-refractivity contribution in [2.75, 3.05) is 0 Å². The van der Waals surface area contributed by atoms with Crippen molar-refractivity contribution in [1.29, 1.82) is 0 Å². The first-order chi connectivity index (χ1) is 8.76. The van der Waals surface area contributed by atoms with Crippen LogP contribution in [0, 0.1) is 0 Å². The Labute approximate surface area is 111 Å². The first kappa shape index (κ1) is 13.6. The molecule has 102 valence electrons. The summed E-state index contributed by atoms with van der Waals surface area (Å²) in [7, 11) is 2.07. The number of fused-ring (bicyclic) bond motifs is 1. The number of unbranched alkanes of at least 4 members (excludes halogenated alkanes) is 1. The molecule has 3 nitrogen and oxygen atoms in total. The highest BCUT2D eigenvalue weighted by atomic mass is 15.3. The second kappa shape index (κ2) is 6.37. The average molecular weight is 249 g/mol. The monoisotopic (exact) mass is 249 g/mol. The second-order valence-electron chi connectivity index (χ2n) is 5.53. The van der Waals surface area contributed by atoms with Crippen LogP contribution in [0.4, 0.5) is 0 Å². The molecule has 2 rings (SSSR count). The van der Waals surface area contributed by atoms with Crippen molar-refractivity contribution in [2.24, 2.45) is 7.05 Å². The van der Waals surface area contributed by atoms with Crippen LogP contribution >= 0.6 is 0 Å². The van der Waals surface area contributed by atoms with Crippen LogP contribution in [-0.4, -0.2) is 15.8 Å². The number of nitrogens with zero attached hydrogens (tertiary/aromatic N) is 2. The third kappa shape index (κ3) is 2.94. The predicted molar refractivity (Wildman–Crippen MR) is 75.6 cm³/mol. The van der Waals surface area contributed by atoms with Gasteiger partial charge in [-0.3, -0.25) is 4.68 Å². The van der Waals surface area contributed by atoms with E-state index in [0.29, 0.717) is 12.1 Å². The molecule has 1 heterocycles. The SMILES string of the molecule is CCCCC(CC)NC1CCCc2c1cnn2C. The van der Waals surface area contributed by atoms with E-state index in [1.807, 2.05) is 0 Å². The molecule has 1 aromatic heterocycles. The Morgan fingerprint density at radius 1 is 1.50 bits per heavy atom. The minimum atomic E-state index is 0.532. The molecule has 0 amide bonds. The van der Waals surface area contributed by atoms with Gasteiger partial charge < -0.3 is 5.32 Å². The van der Waals surface area contributed by atoms with E-state index in [1.165, 1.54) is 56.2 Å². The maximum atomic E-state index is 4.42. The van der Waals surface area contributed by atoms with Gasteiger partial charge in [-0.1, -0.05) is 26.7 Å². The lowest BCUT2D eigenvalue weighted by molar-refractivity contribution is 0.363. The van der Waals surface area contributed by atoms with Crippen LogP contribution < -0.4 is 5.32 Å². The molecule has 0 saturated carbocycles. The van der Waals surface area contributed by atoms with Gasteiger partial charge in [0, 0.05) is 30.4 Å². The summed E-state index contributed by atoms with van der Waals surface area (Å²) in [6.45, 7) is 4.56. The summed E-state index contributed by atoms with van der Waals surface area (Å²) >= 11 is 0. The van der Waals surface area contributed by atoms with E-state index in [0.717, 1.165) is 0 Å². The van der Waals surface area contributed by atoms with Crippen LogP contribution in [0.1, 0.15) is 69.7 Å². The molecular weight excluding hydrogens is 222 g/mol. The zero-order valence-electron chi connectivity index (χ0n) is 12.1. The highest BCUT2D eigenvalue weighted by molar-refractivity contribution is 5.24. The van der Waals surface area contributed by atoms with E-state index in [9.17, 15) is 0 Å². The fourth-order valence-electron chi connectivity index (χ4n) is 3.02. The van der Waals surface area contributed by atoms with E-state index < -0.39 is 0 Å². The Kier molecular flexibility index (Phi) is 4.81. The number of nitrogens with one attached hydrogen (secondary N) is 1. The topological polar surface area (TPSA) is 29.9 Å². The molecule has 1 aromatic rings. The Hall–Kier alpha value is -0.830. The van der Waals surface area contributed by atoms with Crippen molar-refractivity contribution in [3.05, 3.63) is 17.5 Å². The molecule has 2 atom stereocenters. The van der Waals surface area contributed by atoms with Crippen LogP contribution in [-0.2, 0) is 13.5 Å². The first-order valence-electron chi connectivity index (χ1n) is 7.53. The van der Waals surface area contributed by atoms with Gasteiger partial charge in [-0.2, -0.15) is 5.10 Å². The van der Waals surface area contributed by atoms with Gasteiger partial charge in [0.05, 0.1) is 6.20 Å². The van der Waals surface area contributed by atoms with Gasteiger partial charge in [0.1, 0.15) is 0 Å². The molecule has 3 heteroatoms. The second-order valence-corrected chi connectivity index (χ2v) is 5.53. The van der Waals surface area contributed by atoms with Crippen LogP contribution in [0.25, 0.3) is 0 Å². The summed E-state index contributed by atoms with van der Waals surface area (Å²) in [6, 6.07) is 1.20. The van der Waals surface area contributed by atoms with E-state index in [4.69, 9.17) is 0 Å². The largest absolute Gasteiger partial charge is 0.307 e. The molecular formula is C15H27N3. The Balaban J connectivity index is 2.01. The molecule has 1 aliphatic carbocycles. The summed E-state index contributed by atoms with van der Waals surface area (Å²) in [5.41, 5.74) is 2.88. The third-order valence-corrected chi connectivity index (χ3v) is 4.21. The number of hydrogen-bond acceptors (Lipinski definition) is 2. The molecule has 0 bridgehead atoms. The van der Waals surface area contributed by atoms with Crippen molar-refractivity contribution in [3.63, 3.8) is 0 Å². The van der Waals surface area contributed by atoms with Gasteiger partial charge in [0.2, 0.25) is 0 Å². The third-order valence-electron chi connectivity index (χ3n) is 4.21. The van der Waals surface area contributed by atoms with Crippen molar-refractivity contribution >= 4 is 0 Å². The summed E-state index contributed by atoms with van der Waals surface area (Å²) in [5, 5.41) is 8.28. The molecule has 0 radical (unpaired) electrons. The van der Waals surface area contributed by atoms with E-state index >= 15 is 0 Å².